The summed E-state index contributed by atoms with van der Waals surface area (Å²) in [6, 6.07) is 49.9. The smallest absolute Gasteiger partial charge is 0.0352 e. The summed E-state index contributed by atoms with van der Waals surface area (Å²) >= 11 is 0. The summed E-state index contributed by atoms with van der Waals surface area (Å²) < 4.78 is 0. The summed E-state index contributed by atoms with van der Waals surface area (Å²) in [4.78, 5) is 4.52. The van der Waals surface area contributed by atoms with E-state index in [1.165, 1.54) is 54.9 Å². The largest absolute Gasteiger partial charge is 0.264 e. The zero-order valence-electron chi connectivity index (χ0n) is 20.9. The van der Waals surface area contributed by atoms with E-state index in [9.17, 15) is 0 Å². The first-order valence-electron chi connectivity index (χ1n) is 13.0. The molecule has 0 amide bonds. The van der Waals surface area contributed by atoms with Gasteiger partial charge in [-0.2, -0.15) is 0 Å². The van der Waals surface area contributed by atoms with E-state index in [1.807, 2.05) is 12.4 Å². The van der Waals surface area contributed by atoms with E-state index in [2.05, 4.69) is 145 Å². The van der Waals surface area contributed by atoms with Crippen molar-refractivity contribution < 1.29 is 0 Å². The Morgan fingerprint density at radius 2 is 0.842 bits per heavy atom. The van der Waals surface area contributed by atoms with Crippen LogP contribution in [0.1, 0.15) is 0 Å². The summed E-state index contributed by atoms with van der Waals surface area (Å²) in [5.41, 5.74) is 9.67. The van der Waals surface area contributed by atoms with Crippen LogP contribution in [0.4, 0.5) is 0 Å². The molecule has 178 valence electrons. The third-order valence-electron chi connectivity index (χ3n) is 7.37. The van der Waals surface area contributed by atoms with Crippen LogP contribution < -0.4 is 0 Å². The first-order chi connectivity index (χ1) is 18.9. The Morgan fingerprint density at radius 1 is 0.342 bits per heavy atom. The number of aromatic nitrogens is 1. The summed E-state index contributed by atoms with van der Waals surface area (Å²) in [6.07, 6.45) is 3.87. The van der Waals surface area contributed by atoms with E-state index in [0.717, 1.165) is 11.1 Å². The third-order valence-corrected chi connectivity index (χ3v) is 7.37. The molecule has 7 aromatic rings. The van der Waals surface area contributed by atoms with Gasteiger partial charge in [-0.25, -0.2) is 0 Å². The van der Waals surface area contributed by atoms with Gasteiger partial charge in [0.1, 0.15) is 0 Å². The molecule has 0 aliphatic rings. The van der Waals surface area contributed by atoms with E-state index in [1.54, 1.807) is 0 Å². The van der Waals surface area contributed by atoms with Crippen LogP contribution in [0, 0.1) is 0 Å². The quantitative estimate of drug-likeness (QED) is 0.227. The van der Waals surface area contributed by atoms with E-state index in [0.29, 0.717) is 0 Å². The van der Waals surface area contributed by atoms with E-state index >= 15 is 0 Å². The molecule has 7 rings (SSSR count). The molecule has 1 nitrogen and oxygen atoms in total. The normalized spacial score (nSPS) is 11.2. The van der Waals surface area contributed by atoms with Crippen molar-refractivity contribution in [2.45, 2.75) is 0 Å². The van der Waals surface area contributed by atoms with Crippen LogP contribution in [0.15, 0.2) is 152 Å². The highest BCUT2D eigenvalue weighted by Crippen LogP contribution is 2.45. The molecule has 38 heavy (non-hydrogen) atoms. The molecule has 6 aromatic carbocycles. The van der Waals surface area contributed by atoms with Crippen molar-refractivity contribution in [3.05, 3.63) is 152 Å². The number of fused-ring (bicyclic) bond motifs is 2. The third kappa shape index (κ3) is 3.77. The molecule has 0 aliphatic heterocycles. The number of nitrogens with zero attached hydrogens (tertiary/aromatic N) is 1. The first-order valence-corrected chi connectivity index (χ1v) is 13.0. The van der Waals surface area contributed by atoms with Gasteiger partial charge >= 0.3 is 0 Å². The molecule has 0 bridgehead atoms. The Hall–Kier alpha value is -5.01. The van der Waals surface area contributed by atoms with Gasteiger partial charge in [-0.05, 0) is 72.6 Å². The van der Waals surface area contributed by atoms with Crippen LogP contribution >= 0.6 is 0 Å². The fourth-order valence-electron chi connectivity index (χ4n) is 5.67. The average molecular weight is 484 g/mol. The lowest BCUT2D eigenvalue weighted by Crippen LogP contribution is -1.92. The zero-order valence-corrected chi connectivity index (χ0v) is 20.9. The van der Waals surface area contributed by atoms with Gasteiger partial charge in [-0.15, -0.1) is 0 Å². The predicted molar refractivity (Wildman–Crippen MR) is 161 cm³/mol. The van der Waals surface area contributed by atoms with Gasteiger partial charge in [0.25, 0.3) is 0 Å². The van der Waals surface area contributed by atoms with Crippen LogP contribution in [0.25, 0.3) is 66.1 Å². The molecule has 0 saturated heterocycles. The van der Waals surface area contributed by atoms with Gasteiger partial charge in [0.2, 0.25) is 0 Å². The van der Waals surface area contributed by atoms with Gasteiger partial charge in [-0.1, -0.05) is 127 Å². The van der Waals surface area contributed by atoms with Crippen molar-refractivity contribution in [3.8, 4) is 44.5 Å². The van der Waals surface area contributed by atoms with Gasteiger partial charge in [0, 0.05) is 18.0 Å². The number of pyridine rings is 1. The molecule has 0 N–H and O–H groups in total. The fourth-order valence-corrected chi connectivity index (χ4v) is 5.67. The topological polar surface area (TPSA) is 12.9 Å². The number of rotatable bonds is 4. The Balaban J connectivity index is 1.60. The Labute approximate surface area is 222 Å². The molecule has 0 saturated carbocycles. The van der Waals surface area contributed by atoms with Crippen LogP contribution in [-0.2, 0) is 0 Å². The molecule has 0 radical (unpaired) electrons. The Bertz CT molecular complexity index is 1890. The summed E-state index contributed by atoms with van der Waals surface area (Å²) in [5, 5.41) is 5.03. The minimum Gasteiger partial charge on any atom is -0.264 e. The van der Waals surface area contributed by atoms with E-state index < -0.39 is 0 Å². The molecule has 0 unspecified atom stereocenters. The van der Waals surface area contributed by atoms with Gasteiger partial charge in [-0.3, -0.25) is 4.98 Å². The predicted octanol–water partition coefficient (Wildman–Crippen LogP) is 10.1. The average Bonchev–Trinajstić information content (AvgIpc) is 3.01. The van der Waals surface area contributed by atoms with Crippen LogP contribution in [0.5, 0.6) is 0 Å². The Kier molecular flexibility index (Phi) is 5.53. The molecule has 0 fully saturated rings. The van der Waals surface area contributed by atoms with Crippen LogP contribution in [0.2, 0.25) is 0 Å². The summed E-state index contributed by atoms with van der Waals surface area (Å²) in [6.45, 7) is 0. The lowest BCUT2D eigenvalue weighted by molar-refractivity contribution is 1.33. The second-order valence-corrected chi connectivity index (χ2v) is 9.58. The second-order valence-electron chi connectivity index (χ2n) is 9.58. The maximum atomic E-state index is 4.52. The highest BCUT2D eigenvalue weighted by atomic mass is 14.6. The standard InChI is InChI=1S/C37H25N/c1-4-12-26(13-5-1)30-22-23-38-25-35(30)29-20-21-33-34(24-29)37(28-16-8-3-9-17-28)32-19-11-10-18-31(32)36(33)27-14-6-2-7-15-27/h1-25H. The van der Waals surface area contributed by atoms with Crippen LogP contribution in [0.3, 0.4) is 0 Å². The molecule has 0 atom stereocenters. The van der Waals surface area contributed by atoms with Gasteiger partial charge < -0.3 is 0 Å². The highest BCUT2D eigenvalue weighted by Gasteiger charge is 2.18. The molecular weight excluding hydrogens is 458 g/mol. The van der Waals surface area contributed by atoms with Crippen molar-refractivity contribution in [2.24, 2.45) is 0 Å². The zero-order chi connectivity index (χ0) is 25.3. The van der Waals surface area contributed by atoms with Gasteiger partial charge in [0.15, 0.2) is 0 Å². The second kappa shape index (κ2) is 9.46. The molecule has 0 aliphatic carbocycles. The van der Waals surface area contributed by atoms with Crippen LogP contribution in [-0.4, -0.2) is 4.98 Å². The van der Waals surface area contributed by atoms with Crippen molar-refractivity contribution in [1.82, 2.24) is 4.98 Å². The minimum absolute atomic E-state index is 1.13. The Morgan fingerprint density at radius 3 is 1.45 bits per heavy atom. The number of hydrogen-bond donors (Lipinski definition) is 0. The SMILES string of the molecule is c1ccc(-c2ccncc2-c2ccc3c(-c4ccccc4)c4ccccc4c(-c4ccccc4)c3c2)cc1. The molecule has 1 heterocycles. The molecule has 0 spiro atoms. The maximum Gasteiger partial charge on any atom is 0.0352 e. The number of hydrogen-bond acceptors (Lipinski definition) is 1. The van der Waals surface area contributed by atoms with Crippen molar-refractivity contribution in [1.29, 1.82) is 0 Å². The summed E-state index contributed by atoms with van der Waals surface area (Å²) in [7, 11) is 0. The lowest BCUT2D eigenvalue weighted by Gasteiger charge is -2.19. The van der Waals surface area contributed by atoms with Crippen molar-refractivity contribution in [2.75, 3.05) is 0 Å². The monoisotopic (exact) mass is 483 g/mol. The summed E-state index contributed by atoms with van der Waals surface area (Å²) in [5.74, 6) is 0. The first kappa shape index (κ1) is 22.2. The highest BCUT2D eigenvalue weighted by molar-refractivity contribution is 6.22. The molecule has 1 heteroatoms. The van der Waals surface area contributed by atoms with Gasteiger partial charge in [0.05, 0.1) is 0 Å². The maximum absolute atomic E-state index is 4.52. The van der Waals surface area contributed by atoms with Crippen molar-refractivity contribution in [3.63, 3.8) is 0 Å². The van der Waals surface area contributed by atoms with E-state index in [4.69, 9.17) is 0 Å². The number of benzene rings is 6. The fraction of sp³-hybridized carbons (Fsp3) is 0. The minimum atomic E-state index is 1.13. The lowest BCUT2D eigenvalue weighted by atomic mass is 9.84. The molecular formula is C37H25N. The van der Waals surface area contributed by atoms with Crippen molar-refractivity contribution >= 4 is 21.5 Å². The molecule has 1 aromatic heterocycles. The van der Waals surface area contributed by atoms with E-state index in [-0.39, 0.29) is 0 Å².